The maximum Gasteiger partial charge on any atom is 0.349 e. The summed E-state index contributed by atoms with van der Waals surface area (Å²) in [7, 11) is -3.45. The van der Waals surface area contributed by atoms with Crippen LogP contribution in [-0.4, -0.2) is 70.0 Å². The van der Waals surface area contributed by atoms with E-state index in [4.69, 9.17) is 44.6 Å². The van der Waals surface area contributed by atoms with Crippen molar-refractivity contribution in [2.45, 2.75) is 95.8 Å². The Kier molecular flexibility index (Phi) is 9.34. The largest absolute Gasteiger partial charge is 0.456 e. The molecule has 2 saturated heterocycles. The van der Waals surface area contributed by atoms with Crippen molar-refractivity contribution in [1.82, 2.24) is 14.5 Å². The number of imidazole rings is 1. The molecule has 2 aliphatic rings. The second kappa shape index (κ2) is 12.2. The average Bonchev–Trinajstić information content (AvgIpc) is 3.45. The third-order valence-electron chi connectivity index (χ3n) is 8.03. The molecule has 0 unspecified atom stereocenters. The SMILES string of the molecule is C[SiH](C)CCOCn1c(O[C@@H]2CO[C@@H]3CO[Si](C(C)(C)C)(C(C)(C)C)O[C@H]32)nc2nc(-c3ccc(Br)cc3)c(Cl)cc21. The Morgan fingerprint density at radius 2 is 1.76 bits per heavy atom. The van der Waals surface area contributed by atoms with Gasteiger partial charge in [0, 0.05) is 35.5 Å². The summed E-state index contributed by atoms with van der Waals surface area (Å²) in [6.45, 7) is 19.8. The van der Waals surface area contributed by atoms with E-state index in [1.54, 1.807) is 0 Å². The molecule has 0 bridgehead atoms. The van der Waals surface area contributed by atoms with Crippen LogP contribution in [0.1, 0.15) is 41.5 Å². The molecule has 0 spiro atoms. The van der Waals surface area contributed by atoms with Crippen molar-refractivity contribution in [2.24, 2.45) is 0 Å². The van der Waals surface area contributed by atoms with Crippen molar-refractivity contribution in [2.75, 3.05) is 19.8 Å². The van der Waals surface area contributed by atoms with Crippen LogP contribution in [0.3, 0.4) is 0 Å². The molecule has 230 valence electrons. The van der Waals surface area contributed by atoms with Gasteiger partial charge in [-0.25, -0.2) is 4.98 Å². The summed E-state index contributed by atoms with van der Waals surface area (Å²) in [4.78, 5) is 9.74. The van der Waals surface area contributed by atoms with Gasteiger partial charge in [0.2, 0.25) is 0 Å². The van der Waals surface area contributed by atoms with Gasteiger partial charge in [-0.05, 0) is 24.2 Å². The molecule has 2 aromatic heterocycles. The second-order valence-electron chi connectivity index (χ2n) is 13.7. The van der Waals surface area contributed by atoms with Crippen molar-refractivity contribution in [1.29, 1.82) is 0 Å². The number of hydrogen-bond donors (Lipinski definition) is 0. The summed E-state index contributed by atoms with van der Waals surface area (Å²) >= 11 is 10.3. The molecule has 0 radical (unpaired) electrons. The van der Waals surface area contributed by atoms with E-state index in [1.807, 2.05) is 34.9 Å². The third kappa shape index (κ3) is 6.26. The highest BCUT2D eigenvalue weighted by molar-refractivity contribution is 9.10. The first-order chi connectivity index (χ1) is 19.7. The minimum atomic E-state index is -2.71. The van der Waals surface area contributed by atoms with E-state index >= 15 is 0 Å². The van der Waals surface area contributed by atoms with Crippen LogP contribution in [0.5, 0.6) is 6.01 Å². The molecule has 1 aromatic carbocycles. The van der Waals surface area contributed by atoms with Gasteiger partial charge in [-0.2, -0.15) is 4.98 Å². The topological polar surface area (TPSA) is 76.9 Å². The maximum absolute atomic E-state index is 7.02. The van der Waals surface area contributed by atoms with E-state index in [2.05, 4.69) is 70.6 Å². The van der Waals surface area contributed by atoms with Gasteiger partial charge in [-0.15, -0.1) is 0 Å². The predicted molar refractivity (Wildman–Crippen MR) is 175 cm³/mol. The fraction of sp³-hybridized carbons (Fsp3) is 0.600. The molecule has 2 fully saturated rings. The summed E-state index contributed by atoms with van der Waals surface area (Å²) in [6, 6.07) is 11.3. The zero-order chi connectivity index (χ0) is 30.4. The Hall–Kier alpha value is -1.32. The molecule has 42 heavy (non-hydrogen) atoms. The van der Waals surface area contributed by atoms with E-state index in [1.165, 1.54) is 0 Å². The Labute approximate surface area is 265 Å². The van der Waals surface area contributed by atoms with Gasteiger partial charge in [-0.3, -0.25) is 4.57 Å². The van der Waals surface area contributed by atoms with E-state index < -0.39 is 17.4 Å². The summed E-state index contributed by atoms with van der Waals surface area (Å²) in [5.41, 5.74) is 2.89. The summed E-state index contributed by atoms with van der Waals surface area (Å²) in [5, 5.41) is 0.248. The van der Waals surface area contributed by atoms with E-state index in [-0.39, 0.29) is 35.1 Å². The molecule has 0 amide bonds. The Morgan fingerprint density at radius 1 is 1.07 bits per heavy atom. The number of hydrogen-bond acceptors (Lipinski definition) is 7. The third-order valence-corrected chi connectivity index (χ3v) is 15.4. The minimum absolute atomic E-state index is 0.145. The van der Waals surface area contributed by atoms with Gasteiger partial charge in [0.1, 0.15) is 18.9 Å². The number of fused-ring (bicyclic) bond motifs is 2. The van der Waals surface area contributed by atoms with Gasteiger partial charge >= 0.3 is 14.6 Å². The van der Waals surface area contributed by atoms with Gasteiger partial charge < -0.3 is 23.1 Å². The molecular weight excluding hydrogens is 654 g/mol. The Balaban J connectivity index is 1.49. The van der Waals surface area contributed by atoms with Crippen molar-refractivity contribution in [3.05, 3.63) is 39.8 Å². The van der Waals surface area contributed by atoms with Crippen molar-refractivity contribution in [3.63, 3.8) is 0 Å². The first kappa shape index (κ1) is 32.1. The molecule has 2 aliphatic heterocycles. The smallest absolute Gasteiger partial charge is 0.349 e. The first-order valence-electron chi connectivity index (χ1n) is 14.7. The van der Waals surface area contributed by atoms with Crippen LogP contribution in [0.25, 0.3) is 22.4 Å². The van der Waals surface area contributed by atoms with Gasteiger partial charge in [0.25, 0.3) is 0 Å². The number of aromatic nitrogens is 3. The van der Waals surface area contributed by atoms with Crippen LogP contribution in [0.4, 0.5) is 0 Å². The second-order valence-corrected chi connectivity index (χ2v) is 23.2. The molecule has 3 atom stereocenters. The molecule has 0 N–H and O–H groups in total. The molecule has 5 rings (SSSR count). The monoisotopic (exact) mass is 695 g/mol. The highest BCUT2D eigenvalue weighted by Gasteiger charge is 2.64. The summed E-state index contributed by atoms with van der Waals surface area (Å²) in [5.74, 6) is 0. The Bertz CT molecular complexity index is 1390. The van der Waals surface area contributed by atoms with E-state index in [0.717, 1.165) is 21.6 Å². The zero-order valence-electron chi connectivity index (χ0n) is 25.9. The molecule has 3 aromatic rings. The predicted octanol–water partition coefficient (Wildman–Crippen LogP) is 7.58. The highest BCUT2D eigenvalue weighted by atomic mass is 79.9. The van der Waals surface area contributed by atoms with Crippen molar-refractivity contribution < 1.29 is 23.1 Å². The fourth-order valence-electron chi connectivity index (χ4n) is 6.02. The number of benzene rings is 1. The van der Waals surface area contributed by atoms with Crippen LogP contribution >= 0.6 is 27.5 Å². The van der Waals surface area contributed by atoms with Crippen LogP contribution in [0.2, 0.25) is 34.2 Å². The van der Waals surface area contributed by atoms with Gasteiger partial charge in [0.05, 0.1) is 29.4 Å². The molecular formula is C30H43BrClN3O5Si2. The number of halogens is 2. The lowest BCUT2D eigenvalue weighted by Gasteiger charge is -2.53. The summed E-state index contributed by atoms with van der Waals surface area (Å²) < 4.78 is 35.5. The van der Waals surface area contributed by atoms with Crippen LogP contribution in [-0.2, 0) is 25.1 Å². The highest BCUT2D eigenvalue weighted by Crippen LogP contribution is 2.55. The molecule has 4 heterocycles. The number of ether oxygens (including phenoxy) is 3. The lowest BCUT2D eigenvalue weighted by Crippen LogP contribution is -2.65. The van der Waals surface area contributed by atoms with Crippen LogP contribution in [0.15, 0.2) is 34.8 Å². The number of pyridine rings is 1. The van der Waals surface area contributed by atoms with Gasteiger partial charge in [-0.1, -0.05) is 94.3 Å². The average molecular weight is 697 g/mol. The normalized spacial score (nSPS) is 22.6. The quantitative estimate of drug-likeness (QED) is 0.178. The van der Waals surface area contributed by atoms with E-state index in [0.29, 0.717) is 42.2 Å². The van der Waals surface area contributed by atoms with Crippen molar-refractivity contribution >= 4 is 56.1 Å². The number of nitrogens with zero attached hydrogens (tertiary/aromatic N) is 3. The maximum atomic E-state index is 7.02. The standard InChI is InChI=1S/C30H43BrClN3O5Si2/c1-29(2,3)42(30(4,5)6)38-17-23-26(40-42)24(16-37-23)39-28-34-27-22(35(28)18-36-13-14-41(7)8)15-21(32)25(33-27)19-9-11-20(31)12-10-19/h9-12,15,23-24,26,41H,13-14,16-18H2,1-8H3/t23-,24-,26-/m1/s1. The summed E-state index contributed by atoms with van der Waals surface area (Å²) in [6.07, 6.45) is -0.808. The Morgan fingerprint density at radius 3 is 2.40 bits per heavy atom. The molecule has 12 heteroatoms. The molecule has 0 aliphatic carbocycles. The van der Waals surface area contributed by atoms with E-state index in [9.17, 15) is 0 Å². The lowest BCUT2D eigenvalue weighted by molar-refractivity contribution is -0.0659. The fourth-order valence-corrected chi connectivity index (χ4v) is 12.2. The molecule has 0 saturated carbocycles. The lowest BCUT2D eigenvalue weighted by atomic mass is 10.1. The zero-order valence-corrected chi connectivity index (χ0v) is 30.4. The van der Waals surface area contributed by atoms with Crippen LogP contribution in [0, 0.1) is 0 Å². The number of rotatable bonds is 8. The molecule has 8 nitrogen and oxygen atoms in total. The minimum Gasteiger partial charge on any atom is -0.456 e. The van der Waals surface area contributed by atoms with Crippen LogP contribution < -0.4 is 4.74 Å². The van der Waals surface area contributed by atoms with Gasteiger partial charge in [0.15, 0.2) is 11.8 Å². The van der Waals surface area contributed by atoms with Crippen molar-refractivity contribution in [3.8, 4) is 17.3 Å². The first-order valence-corrected chi connectivity index (χ1v) is 20.8.